The summed E-state index contributed by atoms with van der Waals surface area (Å²) in [5, 5.41) is 3.01. The Morgan fingerprint density at radius 3 is 2.34 bits per heavy atom. The molecule has 1 N–H and O–H groups in total. The van der Waals surface area contributed by atoms with Crippen LogP contribution < -0.4 is 5.32 Å². The van der Waals surface area contributed by atoms with Crippen LogP contribution in [-0.4, -0.2) is 25.2 Å². The zero-order valence-electron chi connectivity index (χ0n) is 16.6. The highest BCUT2D eigenvalue weighted by atomic mass is 35.5. The van der Waals surface area contributed by atoms with Gasteiger partial charge < -0.3 is 4.74 Å². The fourth-order valence-electron chi connectivity index (χ4n) is 3.98. The molecular formula is C23H28ClF2NO2. The molecule has 1 fully saturated rings. The molecule has 0 spiro atoms. The third-order valence-corrected chi connectivity index (χ3v) is 5.69. The summed E-state index contributed by atoms with van der Waals surface area (Å²) in [5.74, 6) is -0.306. The molecule has 0 radical (unpaired) electrons. The Kier molecular flexibility index (Phi) is 8.75. The molecule has 1 aliphatic rings. The topological polar surface area (TPSA) is 38.3 Å². The van der Waals surface area contributed by atoms with Crippen LogP contribution in [-0.2, 0) is 10.3 Å². The van der Waals surface area contributed by atoms with E-state index in [0.29, 0.717) is 5.56 Å². The van der Waals surface area contributed by atoms with E-state index >= 15 is 0 Å². The summed E-state index contributed by atoms with van der Waals surface area (Å²) >= 11 is 0. The highest BCUT2D eigenvalue weighted by molar-refractivity contribution is 5.95. The number of hydrogen-bond donors (Lipinski definition) is 1. The number of hydrogen-bond acceptors (Lipinski definition) is 3. The maximum atomic E-state index is 14.4. The van der Waals surface area contributed by atoms with E-state index in [4.69, 9.17) is 4.74 Å². The Morgan fingerprint density at radius 2 is 1.76 bits per heavy atom. The summed E-state index contributed by atoms with van der Waals surface area (Å²) in [6, 6.07) is 15.4. The van der Waals surface area contributed by atoms with Gasteiger partial charge in [-0.3, -0.25) is 10.1 Å². The van der Waals surface area contributed by atoms with Crippen LogP contribution in [0.3, 0.4) is 0 Å². The van der Waals surface area contributed by atoms with Crippen molar-refractivity contribution in [3.63, 3.8) is 0 Å². The molecule has 2 aromatic rings. The summed E-state index contributed by atoms with van der Waals surface area (Å²) in [7, 11) is 1.67. The molecule has 0 aliphatic heterocycles. The van der Waals surface area contributed by atoms with Crippen LogP contribution in [0.4, 0.5) is 8.78 Å². The molecule has 29 heavy (non-hydrogen) atoms. The van der Waals surface area contributed by atoms with Gasteiger partial charge in [0.25, 0.3) is 0 Å². The highest BCUT2D eigenvalue weighted by Crippen LogP contribution is 2.40. The maximum Gasteiger partial charge on any atom is 0.163 e. The minimum Gasteiger partial charge on any atom is -0.374 e. The van der Waals surface area contributed by atoms with Gasteiger partial charge in [-0.15, -0.1) is 12.4 Å². The minimum absolute atomic E-state index is 0. The van der Waals surface area contributed by atoms with Gasteiger partial charge >= 0.3 is 0 Å². The van der Waals surface area contributed by atoms with Crippen LogP contribution in [0.2, 0.25) is 0 Å². The quantitative estimate of drug-likeness (QED) is 0.445. The molecule has 3 rings (SSSR count). The number of nitrogens with one attached hydrogen (secondary N) is 1. The number of alkyl halides is 1. The van der Waals surface area contributed by atoms with Gasteiger partial charge in [0.2, 0.25) is 0 Å². The predicted molar refractivity (Wildman–Crippen MR) is 113 cm³/mol. The van der Waals surface area contributed by atoms with Gasteiger partial charge in [-0.1, -0.05) is 42.5 Å². The molecule has 0 bridgehead atoms. The molecule has 0 amide bonds. The zero-order chi connectivity index (χ0) is 20.0. The molecule has 0 aromatic heterocycles. The average molecular weight is 424 g/mol. The van der Waals surface area contributed by atoms with E-state index in [1.807, 2.05) is 18.2 Å². The molecule has 0 saturated heterocycles. The van der Waals surface area contributed by atoms with Crippen molar-refractivity contribution in [3.8, 4) is 0 Å². The smallest absolute Gasteiger partial charge is 0.163 e. The lowest BCUT2D eigenvalue weighted by Crippen LogP contribution is -2.43. The number of carbonyl (C=O) groups excluding carboxylic acids is 1. The van der Waals surface area contributed by atoms with Gasteiger partial charge in [-0.25, -0.2) is 8.78 Å². The zero-order valence-corrected chi connectivity index (χ0v) is 17.4. The van der Waals surface area contributed by atoms with Gasteiger partial charge in [0.05, 0.1) is 5.60 Å². The molecule has 1 atom stereocenters. The summed E-state index contributed by atoms with van der Waals surface area (Å²) in [5.41, 5.74) is 1.14. The lowest BCUT2D eigenvalue weighted by molar-refractivity contribution is -0.0521. The number of halogens is 3. The maximum absolute atomic E-state index is 14.4. The van der Waals surface area contributed by atoms with E-state index in [2.05, 4.69) is 5.32 Å². The van der Waals surface area contributed by atoms with E-state index in [1.54, 1.807) is 31.4 Å². The summed E-state index contributed by atoms with van der Waals surface area (Å²) in [6.07, 6.45) is 2.14. The molecule has 1 unspecified atom stereocenters. The molecule has 6 heteroatoms. The number of ether oxygens (including phenoxy) is 1. The molecule has 1 aliphatic carbocycles. The number of benzene rings is 2. The Morgan fingerprint density at radius 1 is 1.14 bits per heavy atom. The molecular weight excluding hydrogens is 396 g/mol. The van der Waals surface area contributed by atoms with Crippen LogP contribution in [0.1, 0.15) is 54.4 Å². The molecule has 158 valence electrons. The van der Waals surface area contributed by atoms with Crippen LogP contribution >= 0.6 is 12.4 Å². The standard InChI is InChI=1S/C23H27F2NO2.ClH/c1-28-23(18-7-9-19(24)10-8-18)15-13-20(14-16-23)26-22(25)12-11-21(27)17-5-3-2-4-6-17;/h2-10,20,22,26H,11-16H2,1H3;1H. The number of ketones is 1. The van der Waals surface area contributed by atoms with Crippen LogP contribution in [0.25, 0.3) is 0 Å². The first-order valence-electron chi connectivity index (χ1n) is 9.82. The van der Waals surface area contributed by atoms with E-state index in [0.717, 1.165) is 31.2 Å². The molecule has 3 nitrogen and oxygen atoms in total. The van der Waals surface area contributed by atoms with Crippen molar-refractivity contribution in [1.29, 1.82) is 0 Å². The van der Waals surface area contributed by atoms with Crippen molar-refractivity contribution in [2.75, 3.05) is 7.11 Å². The Labute approximate surface area is 177 Å². The average Bonchev–Trinajstić information content (AvgIpc) is 2.74. The first kappa shape index (κ1) is 23.5. The van der Waals surface area contributed by atoms with Crippen LogP contribution in [0, 0.1) is 5.82 Å². The second kappa shape index (κ2) is 10.8. The first-order chi connectivity index (χ1) is 13.5. The second-order valence-electron chi connectivity index (χ2n) is 7.44. The van der Waals surface area contributed by atoms with E-state index in [1.165, 1.54) is 12.1 Å². The van der Waals surface area contributed by atoms with Crippen molar-refractivity contribution in [3.05, 3.63) is 71.5 Å². The summed E-state index contributed by atoms with van der Waals surface area (Å²) < 4.78 is 33.4. The number of Topliss-reactive ketones (excluding diaryl/α,β-unsaturated/α-hetero) is 1. The van der Waals surface area contributed by atoms with Crippen molar-refractivity contribution in [2.45, 2.75) is 56.5 Å². The predicted octanol–water partition coefficient (Wildman–Crippen LogP) is 5.58. The fourth-order valence-corrected chi connectivity index (χ4v) is 3.98. The van der Waals surface area contributed by atoms with Gasteiger partial charge in [-0.2, -0.15) is 0 Å². The lowest BCUT2D eigenvalue weighted by atomic mass is 9.77. The van der Waals surface area contributed by atoms with Gasteiger partial charge in [0.1, 0.15) is 5.82 Å². The Hall–Kier alpha value is -1.82. The van der Waals surface area contributed by atoms with Crippen LogP contribution in [0.15, 0.2) is 54.6 Å². The highest BCUT2D eigenvalue weighted by Gasteiger charge is 2.37. The largest absolute Gasteiger partial charge is 0.374 e. The van der Waals surface area contributed by atoms with Crippen molar-refractivity contribution < 1.29 is 18.3 Å². The third-order valence-electron chi connectivity index (χ3n) is 5.69. The summed E-state index contributed by atoms with van der Waals surface area (Å²) in [6.45, 7) is 0. The third kappa shape index (κ3) is 6.08. The fraction of sp³-hybridized carbons (Fsp3) is 0.435. The van der Waals surface area contributed by atoms with Crippen LogP contribution in [0.5, 0.6) is 0 Å². The van der Waals surface area contributed by atoms with Gasteiger partial charge in [0.15, 0.2) is 12.1 Å². The Bertz CT molecular complexity index is 762. The first-order valence-corrected chi connectivity index (χ1v) is 9.82. The number of methoxy groups -OCH3 is 1. The lowest BCUT2D eigenvalue weighted by Gasteiger charge is -2.40. The number of rotatable bonds is 8. The van der Waals surface area contributed by atoms with Gasteiger partial charge in [-0.05, 0) is 49.8 Å². The monoisotopic (exact) mass is 423 g/mol. The van der Waals surface area contributed by atoms with Crippen molar-refractivity contribution >= 4 is 18.2 Å². The molecule has 1 saturated carbocycles. The second-order valence-corrected chi connectivity index (χ2v) is 7.44. The molecule has 0 heterocycles. The van der Waals surface area contributed by atoms with Crippen molar-refractivity contribution in [2.24, 2.45) is 0 Å². The van der Waals surface area contributed by atoms with E-state index in [9.17, 15) is 13.6 Å². The van der Waals surface area contributed by atoms with E-state index in [-0.39, 0.29) is 42.9 Å². The Balaban J connectivity index is 0.00000300. The van der Waals surface area contributed by atoms with E-state index < -0.39 is 11.9 Å². The normalized spacial score (nSPS) is 22.5. The number of carbonyl (C=O) groups is 1. The summed E-state index contributed by atoms with van der Waals surface area (Å²) in [4.78, 5) is 12.1. The minimum atomic E-state index is -1.21. The SMILES string of the molecule is COC1(c2ccc(F)cc2)CCC(NC(F)CCC(=O)c2ccccc2)CC1.Cl. The molecule has 2 aromatic carbocycles. The van der Waals surface area contributed by atoms with Crippen molar-refractivity contribution in [1.82, 2.24) is 5.32 Å². The van der Waals surface area contributed by atoms with Gasteiger partial charge in [0, 0.05) is 25.1 Å².